The maximum absolute atomic E-state index is 14.9. The van der Waals surface area contributed by atoms with Gasteiger partial charge in [0.25, 0.3) is 0 Å². The lowest BCUT2D eigenvalue weighted by Crippen LogP contribution is -2.13. The Hall–Kier alpha value is -3.92. The van der Waals surface area contributed by atoms with Gasteiger partial charge in [-0.2, -0.15) is 0 Å². The molecule has 2 aromatic heterocycles. The van der Waals surface area contributed by atoms with Gasteiger partial charge in [0.05, 0.1) is 17.5 Å². The van der Waals surface area contributed by atoms with Gasteiger partial charge in [0.15, 0.2) is 23.1 Å². The number of hydrogen-bond acceptors (Lipinski definition) is 6. The van der Waals surface area contributed by atoms with Gasteiger partial charge in [0.1, 0.15) is 5.65 Å². The second kappa shape index (κ2) is 7.34. The van der Waals surface area contributed by atoms with Crippen molar-refractivity contribution in [3.8, 4) is 22.6 Å². The zero-order chi connectivity index (χ0) is 22.5. The predicted octanol–water partition coefficient (Wildman–Crippen LogP) is 3.70. The molecule has 0 bridgehead atoms. The summed E-state index contributed by atoms with van der Waals surface area (Å²) in [5, 5.41) is 0.506. The lowest BCUT2D eigenvalue weighted by atomic mass is 10.00. The van der Waals surface area contributed by atoms with Gasteiger partial charge >= 0.3 is 0 Å². The van der Waals surface area contributed by atoms with E-state index in [9.17, 15) is 17.6 Å². The van der Waals surface area contributed by atoms with Crippen LogP contribution in [-0.2, 0) is 10.0 Å². The van der Waals surface area contributed by atoms with Gasteiger partial charge in [-0.05, 0) is 35.9 Å². The first-order valence-corrected chi connectivity index (χ1v) is 11.4. The summed E-state index contributed by atoms with van der Waals surface area (Å²) in [5.74, 6) is -0.281. The van der Waals surface area contributed by atoms with E-state index >= 15 is 0 Å². The number of H-pyrrole nitrogens is 1. The minimum Gasteiger partial charge on any atom is -0.454 e. The molecule has 2 N–H and O–H groups in total. The number of halogens is 1. The number of benzene rings is 2. The average molecular weight is 453 g/mol. The largest absolute Gasteiger partial charge is 0.454 e. The first kappa shape index (κ1) is 20.0. The Kier molecular flexibility index (Phi) is 4.59. The van der Waals surface area contributed by atoms with E-state index in [-0.39, 0.29) is 23.6 Å². The average Bonchev–Trinajstić information content (AvgIpc) is 3.39. The molecular weight excluding hydrogens is 437 g/mol. The molecule has 10 heteroatoms. The summed E-state index contributed by atoms with van der Waals surface area (Å²) in [6.07, 6.45) is 4.02. The summed E-state index contributed by atoms with van der Waals surface area (Å²) >= 11 is 0. The quantitative estimate of drug-likeness (QED) is 0.446. The number of nitrogens with zero attached hydrogens (tertiary/aromatic N) is 1. The Labute approximate surface area is 182 Å². The number of sulfonamides is 1. The molecule has 0 spiro atoms. The van der Waals surface area contributed by atoms with Crippen LogP contribution in [0.4, 0.5) is 10.1 Å². The number of ether oxygens (including phenoxy) is 2. The van der Waals surface area contributed by atoms with Crippen LogP contribution >= 0.6 is 0 Å². The van der Waals surface area contributed by atoms with Gasteiger partial charge in [0.2, 0.25) is 16.8 Å². The van der Waals surface area contributed by atoms with Crippen LogP contribution in [0.25, 0.3) is 22.2 Å². The first-order valence-electron chi connectivity index (χ1n) is 9.48. The van der Waals surface area contributed by atoms with Crippen molar-refractivity contribution >= 4 is 32.5 Å². The van der Waals surface area contributed by atoms with E-state index in [2.05, 4.69) is 14.7 Å². The number of nitrogens with one attached hydrogen (secondary N) is 2. The van der Waals surface area contributed by atoms with E-state index in [0.717, 1.165) is 17.4 Å². The monoisotopic (exact) mass is 453 g/mol. The smallest absolute Gasteiger partial charge is 0.231 e. The number of carbonyl (C=O) groups is 1. The van der Waals surface area contributed by atoms with Crippen molar-refractivity contribution in [1.29, 1.82) is 0 Å². The zero-order valence-corrected chi connectivity index (χ0v) is 17.5. The third kappa shape index (κ3) is 3.54. The SMILES string of the molecule is CS(=O)(=O)Nc1cccc(C(=O)c2c[nH]c3ncc(-c4ccc5c(c4)OCO5)cc23)c1F. The molecule has 0 saturated heterocycles. The van der Waals surface area contributed by atoms with E-state index < -0.39 is 21.6 Å². The minimum absolute atomic E-state index is 0.158. The Morgan fingerprint density at radius 1 is 1.09 bits per heavy atom. The van der Waals surface area contributed by atoms with Gasteiger partial charge in [-0.15, -0.1) is 0 Å². The van der Waals surface area contributed by atoms with Gasteiger partial charge < -0.3 is 14.5 Å². The molecule has 0 unspecified atom stereocenters. The second-order valence-corrected chi connectivity index (χ2v) is 9.01. The number of anilines is 1. The van der Waals surface area contributed by atoms with Crippen LogP contribution in [-0.4, -0.2) is 37.2 Å². The summed E-state index contributed by atoms with van der Waals surface area (Å²) in [5.41, 5.74) is 1.67. The summed E-state index contributed by atoms with van der Waals surface area (Å²) in [6.45, 7) is 0.158. The Morgan fingerprint density at radius 2 is 1.91 bits per heavy atom. The van der Waals surface area contributed by atoms with Crippen LogP contribution in [0.2, 0.25) is 0 Å². The molecule has 8 nitrogen and oxygen atoms in total. The summed E-state index contributed by atoms with van der Waals surface area (Å²) < 4.78 is 50.7. The van der Waals surface area contributed by atoms with Gasteiger partial charge in [0, 0.05) is 28.9 Å². The van der Waals surface area contributed by atoms with Gasteiger partial charge in [-0.3, -0.25) is 9.52 Å². The van der Waals surface area contributed by atoms with Gasteiger partial charge in [-0.25, -0.2) is 17.8 Å². The number of pyridine rings is 1. The van der Waals surface area contributed by atoms with Crippen molar-refractivity contribution in [3.05, 3.63) is 71.8 Å². The van der Waals surface area contributed by atoms with Crippen molar-refractivity contribution < 1.29 is 27.1 Å². The van der Waals surface area contributed by atoms with Crippen molar-refractivity contribution in [1.82, 2.24) is 9.97 Å². The molecular formula is C22H16FN3O5S. The summed E-state index contributed by atoms with van der Waals surface area (Å²) in [4.78, 5) is 20.5. The van der Waals surface area contributed by atoms with E-state index in [0.29, 0.717) is 22.5 Å². The third-order valence-corrected chi connectivity index (χ3v) is 5.61. The number of aromatic nitrogens is 2. The molecule has 0 fully saturated rings. The lowest BCUT2D eigenvalue weighted by molar-refractivity contribution is 0.103. The minimum atomic E-state index is -3.71. The zero-order valence-electron chi connectivity index (χ0n) is 16.7. The molecule has 0 radical (unpaired) electrons. The van der Waals surface area contributed by atoms with Crippen LogP contribution in [0.5, 0.6) is 11.5 Å². The first-order chi connectivity index (χ1) is 15.3. The molecule has 0 atom stereocenters. The fraction of sp³-hybridized carbons (Fsp3) is 0.0909. The standard InChI is InChI=1S/C22H16FN3O5S/c1-32(28,29)26-17-4-2-3-14(20(17)23)21(27)16-10-25-22-15(16)7-13(9-24-22)12-5-6-18-19(8-12)31-11-30-18/h2-10,26H,11H2,1H3,(H,24,25). The van der Waals surface area contributed by atoms with E-state index in [1.54, 1.807) is 18.3 Å². The molecule has 0 amide bonds. The van der Waals surface area contributed by atoms with Crippen LogP contribution in [0, 0.1) is 5.82 Å². The summed E-state index contributed by atoms with van der Waals surface area (Å²) in [6, 6.07) is 11.2. The normalized spacial score (nSPS) is 12.8. The van der Waals surface area contributed by atoms with Crippen LogP contribution in [0.15, 0.2) is 54.9 Å². The van der Waals surface area contributed by atoms with Crippen molar-refractivity contribution in [2.75, 3.05) is 17.8 Å². The highest BCUT2D eigenvalue weighted by Gasteiger charge is 2.22. The van der Waals surface area contributed by atoms with E-state index in [4.69, 9.17) is 9.47 Å². The fourth-order valence-corrected chi connectivity index (χ4v) is 4.11. The second-order valence-electron chi connectivity index (χ2n) is 7.26. The molecule has 3 heterocycles. The molecule has 162 valence electrons. The molecule has 2 aromatic carbocycles. The topological polar surface area (TPSA) is 110 Å². The van der Waals surface area contributed by atoms with Crippen LogP contribution in [0.3, 0.4) is 0 Å². The highest BCUT2D eigenvalue weighted by Crippen LogP contribution is 2.36. The highest BCUT2D eigenvalue weighted by atomic mass is 32.2. The van der Waals surface area contributed by atoms with Crippen molar-refractivity contribution in [2.45, 2.75) is 0 Å². The number of aromatic amines is 1. The Balaban J connectivity index is 1.56. The number of rotatable bonds is 5. The molecule has 0 saturated carbocycles. The molecule has 1 aliphatic heterocycles. The third-order valence-electron chi connectivity index (χ3n) is 5.02. The Bertz CT molecular complexity index is 1500. The number of fused-ring (bicyclic) bond motifs is 2. The number of hydrogen-bond donors (Lipinski definition) is 2. The maximum Gasteiger partial charge on any atom is 0.231 e. The Morgan fingerprint density at radius 3 is 2.72 bits per heavy atom. The molecule has 0 aliphatic carbocycles. The van der Waals surface area contributed by atoms with Crippen molar-refractivity contribution in [3.63, 3.8) is 0 Å². The lowest BCUT2D eigenvalue weighted by Gasteiger charge is -2.09. The fourth-order valence-electron chi connectivity index (χ4n) is 3.56. The van der Waals surface area contributed by atoms with E-state index in [1.165, 1.54) is 24.4 Å². The van der Waals surface area contributed by atoms with Crippen LogP contribution < -0.4 is 14.2 Å². The van der Waals surface area contributed by atoms with E-state index in [1.807, 2.05) is 12.1 Å². The molecule has 32 heavy (non-hydrogen) atoms. The summed E-state index contributed by atoms with van der Waals surface area (Å²) in [7, 11) is -3.71. The molecule has 5 rings (SSSR count). The van der Waals surface area contributed by atoms with Gasteiger partial charge in [-0.1, -0.05) is 12.1 Å². The van der Waals surface area contributed by atoms with Crippen molar-refractivity contribution in [2.24, 2.45) is 0 Å². The number of ketones is 1. The molecule has 4 aromatic rings. The maximum atomic E-state index is 14.9. The van der Waals surface area contributed by atoms with Crippen LogP contribution in [0.1, 0.15) is 15.9 Å². The predicted molar refractivity (Wildman–Crippen MR) is 116 cm³/mol. The highest BCUT2D eigenvalue weighted by molar-refractivity contribution is 7.92. The number of carbonyl (C=O) groups excluding carboxylic acids is 1. The molecule has 1 aliphatic rings.